The number of nitrogens with two attached hydrogens (primary N) is 1. The van der Waals surface area contributed by atoms with Gasteiger partial charge in [0.15, 0.2) is 0 Å². The number of nitrogens with zero attached hydrogens (tertiary/aromatic N) is 1. The second kappa shape index (κ2) is 6.91. The Labute approximate surface area is 112 Å². The zero-order valence-corrected chi connectivity index (χ0v) is 12.5. The molecule has 0 bridgehead atoms. The van der Waals surface area contributed by atoms with Crippen molar-refractivity contribution in [2.45, 2.75) is 58.7 Å². The van der Waals surface area contributed by atoms with Gasteiger partial charge in [-0.3, -0.25) is 4.90 Å². The van der Waals surface area contributed by atoms with Gasteiger partial charge in [-0.25, -0.2) is 0 Å². The van der Waals surface area contributed by atoms with Crippen LogP contribution in [0.1, 0.15) is 50.8 Å². The molecule has 2 N–H and O–H groups in total. The minimum absolute atomic E-state index is 0.135. The van der Waals surface area contributed by atoms with Gasteiger partial charge in [-0.2, -0.15) is 0 Å². The van der Waals surface area contributed by atoms with Crippen LogP contribution in [0.5, 0.6) is 0 Å². The van der Waals surface area contributed by atoms with Crippen molar-refractivity contribution in [1.82, 2.24) is 4.90 Å². The molecule has 1 rings (SSSR count). The van der Waals surface area contributed by atoms with Crippen molar-refractivity contribution in [3.8, 4) is 0 Å². The second-order valence-electron chi connectivity index (χ2n) is 5.46. The lowest BCUT2D eigenvalue weighted by molar-refractivity contribution is 0.157. The highest BCUT2D eigenvalue weighted by Gasteiger charge is 2.25. The average molecular weight is 248 g/mol. The lowest BCUT2D eigenvalue weighted by Crippen LogP contribution is -2.42. The van der Waals surface area contributed by atoms with E-state index in [4.69, 9.17) is 5.73 Å². The lowest BCUT2D eigenvalue weighted by atomic mass is 9.94. The highest BCUT2D eigenvalue weighted by molar-refractivity contribution is 5.29. The van der Waals surface area contributed by atoms with Crippen LogP contribution < -0.4 is 5.73 Å². The normalized spacial score (nSPS) is 16.6. The predicted octanol–water partition coefficient (Wildman–Crippen LogP) is 3.50. The van der Waals surface area contributed by atoms with Gasteiger partial charge in [-0.1, -0.05) is 37.6 Å². The van der Waals surface area contributed by atoms with Gasteiger partial charge in [0.2, 0.25) is 0 Å². The molecular formula is C16H28N2. The standard InChI is InChI=1S/C16H28N2/c1-6-9-13(3)18(5)16(14(4)17)15-11-8-7-10-12(15)2/h7-8,10-11,13-14,16H,6,9,17H2,1-5H3. The van der Waals surface area contributed by atoms with Gasteiger partial charge in [-0.05, 0) is 45.4 Å². The molecule has 0 saturated carbocycles. The van der Waals surface area contributed by atoms with Crippen molar-refractivity contribution in [3.05, 3.63) is 35.4 Å². The van der Waals surface area contributed by atoms with E-state index >= 15 is 0 Å². The third kappa shape index (κ3) is 3.56. The van der Waals surface area contributed by atoms with Crippen LogP contribution >= 0.6 is 0 Å². The molecule has 18 heavy (non-hydrogen) atoms. The molecule has 0 aliphatic carbocycles. The minimum atomic E-state index is 0.135. The molecule has 102 valence electrons. The van der Waals surface area contributed by atoms with Crippen molar-refractivity contribution in [2.75, 3.05) is 7.05 Å². The summed E-state index contributed by atoms with van der Waals surface area (Å²) >= 11 is 0. The maximum absolute atomic E-state index is 6.23. The summed E-state index contributed by atoms with van der Waals surface area (Å²) in [6.07, 6.45) is 2.43. The molecule has 1 aromatic rings. The summed E-state index contributed by atoms with van der Waals surface area (Å²) < 4.78 is 0. The van der Waals surface area contributed by atoms with Gasteiger partial charge < -0.3 is 5.73 Å². The summed E-state index contributed by atoms with van der Waals surface area (Å²) in [5.74, 6) is 0. The zero-order chi connectivity index (χ0) is 13.7. The first-order valence-electron chi connectivity index (χ1n) is 7.02. The Hall–Kier alpha value is -0.860. The Morgan fingerprint density at radius 2 is 1.83 bits per heavy atom. The van der Waals surface area contributed by atoms with Crippen LogP contribution in [0, 0.1) is 6.92 Å². The number of hydrogen-bond acceptors (Lipinski definition) is 2. The van der Waals surface area contributed by atoms with Gasteiger partial charge in [0.25, 0.3) is 0 Å². The van der Waals surface area contributed by atoms with E-state index in [-0.39, 0.29) is 6.04 Å². The van der Waals surface area contributed by atoms with E-state index in [1.807, 2.05) is 0 Å². The average Bonchev–Trinajstić information content (AvgIpc) is 2.31. The molecule has 1 aromatic carbocycles. The van der Waals surface area contributed by atoms with E-state index in [1.54, 1.807) is 0 Å². The smallest absolute Gasteiger partial charge is 0.0498 e. The monoisotopic (exact) mass is 248 g/mol. The van der Waals surface area contributed by atoms with Gasteiger partial charge in [0, 0.05) is 18.1 Å². The van der Waals surface area contributed by atoms with E-state index in [2.05, 4.69) is 63.9 Å². The first-order chi connectivity index (χ1) is 8.49. The second-order valence-corrected chi connectivity index (χ2v) is 5.46. The van der Waals surface area contributed by atoms with E-state index in [1.165, 1.54) is 24.0 Å². The van der Waals surface area contributed by atoms with E-state index in [9.17, 15) is 0 Å². The van der Waals surface area contributed by atoms with E-state index in [0.29, 0.717) is 12.1 Å². The quantitative estimate of drug-likeness (QED) is 0.835. The van der Waals surface area contributed by atoms with Gasteiger partial charge in [0.1, 0.15) is 0 Å². The molecule has 2 nitrogen and oxygen atoms in total. The van der Waals surface area contributed by atoms with Crippen LogP contribution in [-0.2, 0) is 0 Å². The minimum Gasteiger partial charge on any atom is -0.326 e. The Bertz CT molecular complexity index is 360. The van der Waals surface area contributed by atoms with Crippen LogP contribution in [0.2, 0.25) is 0 Å². The SMILES string of the molecule is CCCC(C)N(C)C(c1ccccc1C)C(C)N. The third-order valence-corrected chi connectivity index (χ3v) is 3.85. The third-order valence-electron chi connectivity index (χ3n) is 3.85. The van der Waals surface area contributed by atoms with Crippen LogP contribution in [0.4, 0.5) is 0 Å². The van der Waals surface area contributed by atoms with Crippen molar-refractivity contribution in [3.63, 3.8) is 0 Å². The highest BCUT2D eigenvalue weighted by Crippen LogP contribution is 2.27. The fraction of sp³-hybridized carbons (Fsp3) is 0.625. The molecule has 0 radical (unpaired) electrons. The lowest BCUT2D eigenvalue weighted by Gasteiger charge is -2.36. The van der Waals surface area contributed by atoms with Crippen LogP contribution in [-0.4, -0.2) is 24.0 Å². The molecule has 3 unspecified atom stereocenters. The van der Waals surface area contributed by atoms with E-state index in [0.717, 1.165) is 0 Å². The number of likely N-dealkylation sites (N-methyl/N-ethyl adjacent to an activating group) is 1. The first kappa shape index (κ1) is 15.2. The molecule has 0 amide bonds. The van der Waals surface area contributed by atoms with Gasteiger partial charge >= 0.3 is 0 Å². The van der Waals surface area contributed by atoms with Crippen molar-refractivity contribution >= 4 is 0 Å². The van der Waals surface area contributed by atoms with Crippen LogP contribution in [0.25, 0.3) is 0 Å². The van der Waals surface area contributed by atoms with Gasteiger partial charge in [-0.15, -0.1) is 0 Å². The molecule has 0 aromatic heterocycles. The summed E-state index contributed by atoms with van der Waals surface area (Å²) in [5.41, 5.74) is 8.92. The van der Waals surface area contributed by atoms with Crippen LogP contribution in [0.15, 0.2) is 24.3 Å². The van der Waals surface area contributed by atoms with Crippen molar-refractivity contribution < 1.29 is 0 Å². The summed E-state index contributed by atoms with van der Waals surface area (Å²) in [6.45, 7) is 8.80. The topological polar surface area (TPSA) is 29.3 Å². The fourth-order valence-corrected chi connectivity index (χ4v) is 2.69. The largest absolute Gasteiger partial charge is 0.326 e. The van der Waals surface area contributed by atoms with Crippen molar-refractivity contribution in [1.29, 1.82) is 0 Å². The maximum Gasteiger partial charge on any atom is 0.0498 e. The summed E-state index contributed by atoms with van der Waals surface area (Å²) in [5, 5.41) is 0. The van der Waals surface area contributed by atoms with Crippen LogP contribution in [0.3, 0.4) is 0 Å². The van der Waals surface area contributed by atoms with Gasteiger partial charge in [0.05, 0.1) is 0 Å². The molecule has 0 aliphatic heterocycles. The molecule has 0 aliphatic rings. The Morgan fingerprint density at radius 3 is 2.33 bits per heavy atom. The maximum atomic E-state index is 6.23. The molecule has 3 atom stereocenters. The van der Waals surface area contributed by atoms with E-state index < -0.39 is 0 Å². The highest BCUT2D eigenvalue weighted by atomic mass is 15.2. The first-order valence-corrected chi connectivity index (χ1v) is 7.02. The zero-order valence-electron chi connectivity index (χ0n) is 12.5. The number of benzene rings is 1. The Morgan fingerprint density at radius 1 is 1.22 bits per heavy atom. The summed E-state index contributed by atoms with van der Waals surface area (Å²) in [7, 11) is 2.20. The number of rotatable bonds is 6. The number of aryl methyl sites for hydroxylation is 1. The summed E-state index contributed by atoms with van der Waals surface area (Å²) in [4.78, 5) is 2.43. The molecule has 2 heteroatoms. The molecule has 0 fully saturated rings. The molecule has 0 saturated heterocycles. The molecular weight excluding hydrogens is 220 g/mol. The van der Waals surface area contributed by atoms with Crippen molar-refractivity contribution in [2.24, 2.45) is 5.73 Å². The Balaban J connectivity index is 3.00. The fourth-order valence-electron chi connectivity index (χ4n) is 2.69. The summed E-state index contributed by atoms with van der Waals surface area (Å²) in [6, 6.07) is 9.57. The molecule has 0 heterocycles. The Kier molecular flexibility index (Phi) is 5.83. The molecule has 0 spiro atoms. The number of hydrogen-bond donors (Lipinski definition) is 1. The predicted molar refractivity (Wildman–Crippen MR) is 79.7 cm³/mol.